The Hall–Kier alpha value is -2.82. The van der Waals surface area contributed by atoms with Gasteiger partial charge in [-0.15, -0.1) is 0 Å². The molecule has 0 N–H and O–H groups in total. The van der Waals surface area contributed by atoms with Crippen molar-refractivity contribution in [1.29, 1.82) is 0 Å². The number of nitro benzene ring substituents is 1. The summed E-state index contributed by atoms with van der Waals surface area (Å²) >= 11 is 0. The molecule has 0 atom stereocenters. The van der Waals surface area contributed by atoms with Crippen LogP contribution in [-0.4, -0.2) is 23.0 Å². The van der Waals surface area contributed by atoms with Crippen molar-refractivity contribution in [2.75, 3.05) is 6.54 Å². The molecular weight excluding hydrogens is 292 g/mol. The van der Waals surface area contributed by atoms with Crippen molar-refractivity contribution in [1.82, 2.24) is 0 Å². The summed E-state index contributed by atoms with van der Waals surface area (Å²) in [5, 5.41) is 11.1. The molecule has 0 aliphatic carbocycles. The molecule has 0 bridgehead atoms. The van der Waals surface area contributed by atoms with Crippen LogP contribution in [-0.2, 0) is 0 Å². The van der Waals surface area contributed by atoms with Gasteiger partial charge in [-0.05, 0) is 6.92 Å². The Morgan fingerprint density at radius 3 is 2.39 bits per heavy atom. The third-order valence-electron chi connectivity index (χ3n) is 3.54. The zero-order valence-corrected chi connectivity index (χ0v) is 13.4. The summed E-state index contributed by atoms with van der Waals surface area (Å²) in [6.07, 6.45) is 0. The van der Waals surface area contributed by atoms with E-state index in [1.165, 1.54) is 6.07 Å². The van der Waals surface area contributed by atoms with E-state index in [1.54, 1.807) is 31.2 Å². The number of aryl methyl sites for hydroxylation is 1. The van der Waals surface area contributed by atoms with Crippen molar-refractivity contribution >= 4 is 17.2 Å². The van der Waals surface area contributed by atoms with Crippen LogP contribution >= 0.6 is 0 Å². The number of fused-ring (bicyclic) bond motifs is 1. The molecule has 0 saturated heterocycles. The van der Waals surface area contributed by atoms with Crippen LogP contribution in [0.2, 0.25) is 0 Å². The van der Waals surface area contributed by atoms with Gasteiger partial charge >= 0.3 is 0 Å². The highest BCUT2D eigenvalue weighted by Gasteiger charge is 2.22. The summed E-state index contributed by atoms with van der Waals surface area (Å²) < 4.78 is 0. The van der Waals surface area contributed by atoms with Gasteiger partial charge in [0.25, 0.3) is 5.69 Å². The van der Waals surface area contributed by atoms with E-state index < -0.39 is 4.92 Å². The second-order valence-electron chi connectivity index (χ2n) is 4.89. The second-order valence-corrected chi connectivity index (χ2v) is 4.89. The highest BCUT2D eigenvalue weighted by atomic mass is 16.6. The molecule has 2 aromatic carbocycles. The first kappa shape index (κ1) is 16.5. The van der Waals surface area contributed by atoms with E-state index in [4.69, 9.17) is 0 Å². The minimum Gasteiger partial charge on any atom is -0.292 e. The van der Waals surface area contributed by atoms with Gasteiger partial charge in [0.2, 0.25) is 0 Å². The summed E-state index contributed by atoms with van der Waals surface area (Å²) in [5.41, 5.74) is 3.30. The van der Waals surface area contributed by atoms with Gasteiger partial charge < -0.3 is 0 Å². The van der Waals surface area contributed by atoms with Gasteiger partial charge in [0.05, 0.1) is 10.6 Å². The number of carbonyl (C=O) groups is 1. The van der Waals surface area contributed by atoms with Crippen LogP contribution in [0.15, 0.2) is 47.5 Å². The van der Waals surface area contributed by atoms with Crippen LogP contribution in [0.4, 0.5) is 5.69 Å². The fourth-order valence-electron chi connectivity index (χ4n) is 2.45. The van der Waals surface area contributed by atoms with Gasteiger partial charge in [-0.1, -0.05) is 50.2 Å². The third-order valence-corrected chi connectivity index (χ3v) is 3.54. The number of nitrogens with zero attached hydrogens (tertiary/aromatic N) is 2. The molecule has 1 heterocycles. The van der Waals surface area contributed by atoms with Crippen LogP contribution < -0.4 is 0 Å². The topological polar surface area (TPSA) is 72.6 Å². The lowest BCUT2D eigenvalue weighted by atomic mass is 9.92. The molecule has 2 aromatic rings. The van der Waals surface area contributed by atoms with Gasteiger partial charge in [0, 0.05) is 28.3 Å². The number of hydrogen-bond donors (Lipinski definition) is 0. The highest BCUT2D eigenvalue weighted by Crippen LogP contribution is 2.25. The summed E-state index contributed by atoms with van der Waals surface area (Å²) in [6.45, 7) is 5.77. The first-order valence-electron chi connectivity index (χ1n) is 7.50. The summed E-state index contributed by atoms with van der Waals surface area (Å²) in [4.78, 5) is 26.8. The zero-order valence-electron chi connectivity index (χ0n) is 13.4. The molecule has 0 radical (unpaired) electrons. The van der Waals surface area contributed by atoms with Gasteiger partial charge in [-0.2, -0.15) is 0 Å². The van der Waals surface area contributed by atoms with Crippen molar-refractivity contribution in [2.45, 2.75) is 20.8 Å². The third kappa shape index (κ3) is 3.18. The number of hydrogen-bond acceptors (Lipinski definition) is 4. The predicted molar refractivity (Wildman–Crippen MR) is 90.5 cm³/mol. The number of nitro groups is 1. The number of aliphatic imine (C=N–C) groups is 1. The van der Waals surface area contributed by atoms with Crippen LogP contribution in [0.25, 0.3) is 0 Å². The van der Waals surface area contributed by atoms with Crippen LogP contribution in [0.5, 0.6) is 0 Å². The van der Waals surface area contributed by atoms with Gasteiger partial charge in [0.1, 0.15) is 6.54 Å². The van der Waals surface area contributed by atoms with Crippen LogP contribution in [0.1, 0.15) is 40.9 Å². The lowest BCUT2D eigenvalue weighted by molar-refractivity contribution is -0.385. The molecule has 0 aromatic heterocycles. The Bertz CT molecular complexity index is 795. The van der Waals surface area contributed by atoms with E-state index >= 15 is 0 Å². The average molecular weight is 310 g/mol. The SMILES string of the molecule is CC.Cc1ccc(C2=NCC(=O)c3ccccc32)cc1[N+](=O)[O-]. The Labute approximate surface area is 134 Å². The van der Waals surface area contributed by atoms with Crippen molar-refractivity contribution in [2.24, 2.45) is 4.99 Å². The molecular formula is C18H18N2O3. The van der Waals surface area contributed by atoms with E-state index in [1.807, 2.05) is 26.0 Å². The number of benzene rings is 2. The molecule has 1 aliphatic heterocycles. The van der Waals surface area contributed by atoms with E-state index in [0.717, 1.165) is 5.56 Å². The number of carbonyl (C=O) groups excluding carboxylic acids is 1. The standard InChI is InChI=1S/C16H12N2O3.C2H6/c1-10-6-7-11(8-14(10)18(20)21)16-13-5-3-2-4-12(13)15(19)9-17-16;1-2/h2-8H,9H2,1H3;1-2H3. The lowest BCUT2D eigenvalue weighted by Crippen LogP contribution is -2.19. The van der Waals surface area contributed by atoms with Crippen LogP contribution in [0.3, 0.4) is 0 Å². The molecule has 5 nitrogen and oxygen atoms in total. The summed E-state index contributed by atoms with van der Waals surface area (Å²) in [6, 6.07) is 12.2. The fourth-order valence-corrected chi connectivity index (χ4v) is 2.45. The molecule has 3 rings (SSSR count). The largest absolute Gasteiger partial charge is 0.292 e. The first-order chi connectivity index (χ1) is 11.1. The lowest BCUT2D eigenvalue weighted by Gasteiger charge is -2.16. The van der Waals surface area contributed by atoms with Crippen molar-refractivity contribution in [3.8, 4) is 0 Å². The maximum Gasteiger partial charge on any atom is 0.272 e. The molecule has 118 valence electrons. The minimum atomic E-state index is -0.403. The van der Waals surface area contributed by atoms with E-state index in [-0.39, 0.29) is 18.0 Å². The van der Waals surface area contributed by atoms with Crippen molar-refractivity contribution in [3.63, 3.8) is 0 Å². The zero-order chi connectivity index (χ0) is 17.0. The van der Waals surface area contributed by atoms with E-state index in [9.17, 15) is 14.9 Å². The maximum absolute atomic E-state index is 11.9. The normalized spacial score (nSPS) is 12.7. The first-order valence-corrected chi connectivity index (χ1v) is 7.50. The summed E-state index contributed by atoms with van der Waals surface area (Å²) in [5.74, 6) is -0.0315. The maximum atomic E-state index is 11.9. The molecule has 0 spiro atoms. The van der Waals surface area contributed by atoms with Crippen molar-refractivity contribution < 1.29 is 9.72 Å². The Balaban J connectivity index is 0.000000924. The van der Waals surface area contributed by atoms with Gasteiger partial charge in [0.15, 0.2) is 5.78 Å². The molecule has 0 amide bonds. The Morgan fingerprint density at radius 2 is 1.74 bits per heavy atom. The van der Waals surface area contributed by atoms with Crippen molar-refractivity contribution in [3.05, 3.63) is 74.8 Å². The number of rotatable bonds is 2. The van der Waals surface area contributed by atoms with Gasteiger partial charge in [-0.25, -0.2) is 0 Å². The number of Topliss-reactive ketones (excluding diaryl/α,β-unsaturated/α-hetero) is 1. The quantitative estimate of drug-likeness (QED) is 0.622. The average Bonchev–Trinajstić information content (AvgIpc) is 2.58. The van der Waals surface area contributed by atoms with Crippen LogP contribution in [0, 0.1) is 17.0 Å². The Kier molecular flexibility index (Phi) is 5.01. The second kappa shape index (κ2) is 6.96. The van der Waals surface area contributed by atoms with Gasteiger partial charge in [-0.3, -0.25) is 19.9 Å². The molecule has 23 heavy (non-hydrogen) atoms. The van der Waals surface area contributed by atoms with E-state index in [2.05, 4.69) is 4.99 Å². The predicted octanol–water partition coefficient (Wildman–Crippen LogP) is 3.96. The highest BCUT2D eigenvalue weighted by molar-refractivity contribution is 6.21. The van der Waals surface area contributed by atoms with E-state index in [0.29, 0.717) is 22.4 Å². The molecule has 0 fully saturated rings. The minimum absolute atomic E-state index is 0.0315. The molecule has 0 unspecified atom stereocenters. The monoisotopic (exact) mass is 310 g/mol. The number of ketones is 1. The fraction of sp³-hybridized carbons (Fsp3) is 0.222. The summed E-state index contributed by atoms with van der Waals surface area (Å²) in [7, 11) is 0. The smallest absolute Gasteiger partial charge is 0.272 e. The Morgan fingerprint density at radius 1 is 1.09 bits per heavy atom. The molecule has 5 heteroatoms. The molecule has 0 saturated carbocycles. The molecule has 1 aliphatic rings.